The van der Waals surface area contributed by atoms with Gasteiger partial charge in [0.2, 0.25) is 0 Å². The number of nitrogens with zero attached hydrogens (tertiary/aromatic N) is 1. The number of carbonyl (C=O) groups excluding carboxylic acids is 1. The summed E-state index contributed by atoms with van der Waals surface area (Å²) in [6.45, 7) is 0.384. The number of para-hydroxylation sites is 1. The fourth-order valence-corrected chi connectivity index (χ4v) is 3.30. The zero-order valence-electron chi connectivity index (χ0n) is 14.8. The molecule has 1 atom stereocenters. The quantitative estimate of drug-likeness (QED) is 0.607. The first-order valence-electron chi connectivity index (χ1n) is 8.77. The van der Waals surface area contributed by atoms with E-state index in [4.69, 9.17) is 5.73 Å². The van der Waals surface area contributed by atoms with Crippen molar-refractivity contribution in [1.29, 1.82) is 0 Å². The average molecular weight is 355 g/mol. The first-order chi connectivity index (χ1) is 12.5. The summed E-state index contributed by atoms with van der Waals surface area (Å²) in [6, 6.07) is 15.6. The van der Waals surface area contributed by atoms with Gasteiger partial charge in [0.05, 0.1) is 11.7 Å². The SMILES string of the molecule is CN(c1ccccc1)C1CC(NCC(O)c2ccc(O)c(C(N)=O)c2)C1. The number of carbonyl (C=O) groups is 1. The summed E-state index contributed by atoms with van der Waals surface area (Å²) in [5.74, 6) is -0.887. The van der Waals surface area contributed by atoms with Crippen LogP contribution in [0.2, 0.25) is 0 Å². The molecule has 26 heavy (non-hydrogen) atoms. The van der Waals surface area contributed by atoms with Gasteiger partial charge in [-0.05, 0) is 42.7 Å². The second kappa shape index (κ2) is 7.76. The van der Waals surface area contributed by atoms with E-state index in [1.807, 2.05) is 18.2 Å². The first kappa shape index (κ1) is 18.2. The third-order valence-corrected chi connectivity index (χ3v) is 5.10. The highest BCUT2D eigenvalue weighted by atomic mass is 16.3. The molecule has 0 heterocycles. The van der Waals surface area contributed by atoms with Gasteiger partial charge in [-0.2, -0.15) is 0 Å². The van der Waals surface area contributed by atoms with Crippen LogP contribution in [-0.2, 0) is 0 Å². The van der Waals surface area contributed by atoms with Crippen LogP contribution in [0.4, 0.5) is 5.69 Å². The molecule has 0 bridgehead atoms. The van der Waals surface area contributed by atoms with Crippen molar-refractivity contribution in [2.24, 2.45) is 5.73 Å². The predicted octanol–water partition coefficient (Wildman–Crippen LogP) is 1.78. The van der Waals surface area contributed by atoms with Crippen molar-refractivity contribution in [3.8, 4) is 5.75 Å². The van der Waals surface area contributed by atoms with Gasteiger partial charge in [-0.25, -0.2) is 0 Å². The third-order valence-electron chi connectivity index (χ3n) is 5.10. The Morgan fingerprint density at radius 2 is 1.96 bits per heavy atom. The maximum atomic E-state index is 11.3. The van der Waals surface area contributed by atoms with E-state index in [1.165, 1.54) is 17.8 Å². The van der Waals surface area contributed by atoms with Crippen molar-refractivity contribution < 1.29 is 15.0 Å². The Kier molecular flexibility index (Phi) is 5.44. The summed E-state index contributed by atoms with van der Waals surface area (Å²) in [4.78, 5) is 13.6. The Bertz CT molecular complexity index is 760. The van der Waals surface area contributed by atoms with Crippen LogP contribution >= 0.6 is 0 Å². The van der Waals surface area contributed by atoms with Crippen molar-refractivity contribution in [1.82, 2.24) is 5.32 Å². The van der Waals surface area contributed by atoms with Gasteiger partial charge >= 0.3 is 0 Å². The van der Waals surface area contributed by atoms with Gasteiger partial charge in [-0.1, -0.05) is 24.3 Å². The summed E-state index contributed by atoms with van der Waals surface area (Å²) in [7, 11) is 2.10. The number of hydrogen-bond donors (Lipinski definition) is 4. The number of phenols is 1. The Balaban J connectivity index is 1.49. The molecule has 0 radical (unpaired) electrons. The summed E-state index contributed by atoms with van der Waals surface area (Å²) in [6.07, 6.45) is 1.26. The van der Waals surface area contributed by atoms with Crippen LogP contribution in [0, 0.1) is 0 Å². The number of benzene rings is 2. The van der Waals surface area contributed by atoms with Crippen molar-refractivity contribution >= 4 is 11.6 Å². The van der Waals surface area contributed by atoms with E-state index < -0.39 is 12.0 Å². The number of aromatic hydroxyl groups is 1. The van der Waals surface area contributed by atoms with Crippen LogP contribution in [-0.4, -0.2) is 41.8 Å². The highest BCUT2D eigenvalue weighted by molar-refractivity contribution is 5.95. The molecular weight excluding hydrogens is 330 g/mol. The fraction of sp³-hybridized carbons (Fsp3) is 0.350. The molecule has 1 aliphatic carbocycles. The smallest absolute Gasteiger partial charge is 0.252 e. The van der Waals surface area contributed by atoms with Crippen LogP contribution in [0.15, 0.2) is 48.5 Å². The lowest BCUT2D eigenvalue weighted by atomic mass is 9.85. The van der Waals surface area contributed by atoms with Crippen LogP contribution in [0.5, 0.6) is 5.75 Å². The maximum absolute atomic E-state index is 11.3. The second-order valence-corrected chi connectivity index (χ2v) is 6.83. The Morgan fingerprint density at radius 3 is 2.62 bits per heavy atom. The largest absolute Gasteiger partial charge is 0.507 e. The van der Waals surface area contributed by atoms with Crippen LogP contribution in [0.25, 0.3) is 0 Å². The van der Waals surface area contributed by atoms with Crippen molar-refractivity contribution in [3.05, 3.63) is 59.7 Å². The molecule has 3 rings (SSSR count). The third kappa shape index (κ3) is 3.98. The summed E-state index contributed by atoms with van der Waals surface area (Å²) in [5, 5.41) is 23.3. The van der Waals surface area contributed by atoms with E-state index in [0.29, 0.717) is 24.2 Å². The first-order valence-corrected chi connectivity index (χ1v) is 8.77. The molecule has 1 aliphatic rings. The highest BCUT2D eigenvalue weighted by Gasteiger charge is 2.32. The molecule has 6 nitrogen and oxygen atoms in total. The van der Waals surface area contributed by atoms with Crippen molar-refractivity contribution in [2.75, 3.05) is 18.5 Å². The molecule has 2 aromatic rings. The minimum absolute atomic E-state index is 0.0229. The number of nitrogens with one attached hydrogen (secondary N) is 1. The number of primary amides is 1. The highest BCUT2D eigenvalue weighted by Crippen LogP contribution is 2.29. The Labute approximate surface area is 153 Å². The van der Waals surface area contributed by atoms with Crippen LogP contribution < -0.4 is 16.0 Å². The van der Waals surface area contributed by atoms with E-state index in [1.54, 1.807) is 6.07 Å². The lowest BCUT2D eigenvalue weighted by Gasteiger charge is -2.43. The molecule has 0 saturated heterocycles. The zero-order chi connectivity index (χ0) is 18.7. The minimum atomic E-state index is -0.764. The predicted molar refractivity (Wildman–Crippen MR) is 101 cm³/mol. The summed E-state index contributed by atoms with van der Waals surface area (Å²) < 4.78 is 0. The monoisotopic (exact) mass is 355 g/mol. The molecule has 0 aromatic heterocycles. The number of aliphatic hydroxyl groups is 1. The van der Waals surface area contributed by atoms with Gasteiger partial charge in [0.15, 0.2) is 0 Å². The summed E-state index contributed by atoms with van der Waals surface area (Å²) in [5.41, 5.74) is 7.01. The lowest BCUT2D eigenvalue weighted by Crippen LogP contribution is -2.52. The molecule has 1 unspecified atom stereocenters. The second-order valence-electron chi connectivity index (χ2n) is 6.83. The molecule has 1 saturated carbocycles. The number of amides is 1. The minimum Gasteiger partial charge on any atom is -0.507 e. The molecule has 0 spiro atoms. The molecule has 0 aliphatic heterocycles. The van der Waals surface area contributed by atoms with Gasteiger partial charge in [0.1, 0.15) is 5.75 Å². The topological polar surface area (TPSA) is 98.8 Å². The van der Waals surface area contributed by atoms with E-state index in [0.717, 1.165) is 12.8 Å². The summed E-state index contributed by atoms with van der Waals surface area (Å²) >= 11 is 0. The number of rotatable bonds is 7. The average Bonchev–Trinajstić information content (AvgIpc) is 2.60. The molecule has 5 N–H and O–H groups in total. The number of hydrogen-bond acceptors (Lipinski definition) is 5. The van der Waals surface area contributed by atoms with Gasteiger partial charge in [-0.15, -0.1) is 0 Å². The molecule has 1 amide bonds. The van der Waals surface area contributed by atoms with E-state index in [-0.39, 0.29) is 11.3 Å². The van der Waals surface area contributed by atoms with Gasteiger partial charge in [0.25, 0.3) is 5.91 Å². The van der Waals surface area contributed by atoms with Gasteiger partial charge < -0.3 is 26.2 Å². The standard InChI is InChI=1S/C20H25N3O3/c1-23(15-5-3-2-4-6-15)16-10-14(11-16)22-12-19(25)13-7-8-18(24)17(9-13)20(21)26/h2-9,14,16,19,22,24-25H,10-12H2,1H3,(H2,21,26). The molecule has 1 fully saturated rings. The number of nitrogens with two attached hydrogens (primary N) is 1. The Hall–Kier alpha value is -2.57. The van der Waals surface area contributed by atoms with Gasteiger partial charge in [0, 0.05) is 31.4 Å². The van der Waals surface area contributed by atoms with E-state index in [2.05, 4.69) is 29.4 Å². The normalized spacial score (nSPS) is 20.2. The van der Waals surface area contributed by atoms with Crippen LogP contribution in [0.1, 0.15) is 34.9 Å². The maximum Gasteiger partial charge on any atom is 0.252 e. The Morgan fingerprint density at radius 1 is 1.27 bits per heavy atom. The van der Waals surface area contributed by atoms with Gasteiger partial charge in [-0.3, -0.25) is 4.79 Å². The molecule has 2 aromatic carbocycles. The number of anilines is 1. The van der Waals surface area contributed by atoms with Crippen molar-refractivity contribution in [2.45, 2.75) is 31.0 Å². The van der Waals surface area contributed by atoms with Crippen LogP contribution in [0.3, 0.4) is 0 Å². The number of aliphatic hydroxyl groups excluding tert-OH is 1. The molecule has 138 valence electrons. The van der Waals surface area contributed by atoms with E-state index in [9.17, 15) is 15.0 Å². The lowest BCUT2D eigenvalue weighted by molar-refractivity contribution is 0.0997. The molecule has 6 heteroatoms. The van der Waals surface area contributed by atoms with Crippen molar-refractivity contribution in [3.63, 3.8) is 0 Å². The fourth-order valence-electron chi connectivity index (χ4n) is 3.30. The van der Waals surface area contributed by atoms with E-state index >= 15 is 0 Å². The molecular formula is C20H25N3O3. The zero-order valence-corrected chi connectivity index (χ0v) is 14.8.